The third-order valence-electron chi connectivity index (χ3n) is 4.04. The summed E-state index contributed by atoms with van der Waals surface area (Å²) in [6, 6.07) is 2.34. The number of halogens is 5. The van der Waals surface area contributed by atoms with Gasteiger partial charge in [0.1, 0.15) is 6.04 Å². The molecule has 0 aliphatic carbocycles. The van der Waals surface area contributed by atoms with Gasteiger partial charge in [-0.15, -0.1) is 0 Å². The standard InChI is InChI=1S/C16H11F5N2O6S/c1-7(16(24)25)22(6-8-4-2-3-5-9(8)23(26)27)30(28,29)15-13(20)11(18)10(17)12(19)14(15)21/h2-5,7H,6H2,1H3,(H,24,25)/t7-/m0/s1. The van der Waals surface area contributed by atoms with Crippen LogP contribution in [0.3, 0.4) is 0 Å². The molecule has 0 fully saturated rings. The largest absolute Gasteiger partial charge is 0.480 e. The molecule has 2 aromatic rings. The van der Waals surface area contributed by atoms with Crippen molar-refractivity contribution in [2.75, 3.05) is 0 Å². The van der Waals surface area contributed by atoms with E-state index >= 15 is 0 Å². The number of carboxylic acid groups (broad SMARTS) is 1. The number of benzene rings is 2. The molecule has 2 rings (SSSR count). The first-order chi connectivity index (χ1) is 13.8. The van der Waals surface area contributed by atoms with Gasteiger partial charge in [0.25, 0.3) is 5.69 Å². The van der Waals surface area contributed by atoms with Crippen molar-refractivity contribution in [2.45, 2.75) is 24.4 Å². The smallest absolute Gasteiger partial charge is 0.321 e. The molecule has 0 amide bonds. The van der Waals surface area contributed by atoms with E-state index in [1.54, 1.807) is 0 Å². The van der Waals surface area contributed by atoms with Crippen molar-refractivity contribution in [1.82, 2.24) is 4.31 Å². The molecule has 0 aliphatic rings. The fourth-order valence-electron chi connectivity index (χ4n) is 2.47. The number of rotatable bonds is 7. The molecule has 0 saturated heterocycles. The number of para-hydroxylation sites is 1. The normalized spacial score (nSPS) is 12.8. The maximum absolute atomic E-state index is 14.1. The minimum Gasteiger partial charge on any atom is -0.480 e. The van der Waals surface area contributed by atoms with Gasteiger partial charge in [0.05, 0.1) is 4.92 Å². The summed E-state index contributed by atoms with van der Waals surface area (Å²) in [4.78, 5) is 19.3. The highest BCUT2D eigenvalue weighted by molar-refractivity contribution is 7.89. The molecule has 30 heavy (non-hydrogen) atoms. The fraction of sp³-hybridized carbons (Fsp3) is 0.188. The van der Waals surface area contributed by atoms with Crippen LogP contribution in [-0.2, 0) is 21.4 Å². The predicted molar refractivity (Wildman–Crippen MR) is 89.2 cm³/mol. The Labute approximate surface area is 165 Å². The molecule has 2 aromatic carbocycles. The number of nitro benzene ring substituents is 1. The third-order valence-corrected chi connectivity index (χ3v) is 5.98. The zero-order valence-corrected chi connectivity index (χ0v) is 15.6. The highest BCUT2D eigenvalue weighted by atomic mass is 32.2. The SMILES string of the molecule is C[C@@H](C(=O)O)N(Cc1ccccc1[N+](=O)[O-])S(=O)(=O)c1c(F)c(F)c(F)c(F)c1F. The summed E-state index contributed by atoms with van der Waals surface area (Å²) < 4.78 is 93.9. The number of carbonyl (C=O) groups is 1. The lowest BCUT2D eigenvalue weighted by molar-refractivity contribution is -0.385. The number of nitro groups is 1. The summed E-state index contributed by atoms with van der Waals surface area (Å²) in [5.74, 6) is -15.0. The maximum atomic E-state index is 14.1. The highest BCUT2D eigenvalue weighted by Gasteiger charge is 2.41. The Morgan fingerprint density at radius 3 is 2.00 bits per heavy atom. The Morgan fingerprint density at radius 1 is 1.07 bits per heavy atom. The second kappa shape index (κ2) is 8.31. The molecule has 0 radical (unpaired) electrons. The van der Waals surface area contributed by atoms with Crippen LogP contribution in [0.15, 0.2) is 29.2 Å². The molecule has 14 heteroatoms. The topological polar surface area (TPSA) is 118 Å². The Balaban J connectivity index is 2.76. The summed E-state index contributed by atoms with van der Waals surface area (Å²) >= 11 is 0. The van der Waals surface area contributed by atoms with E-state index in [0.717, 1.165) is 19.1 Å². The number of nitrogens with zero attached hydrogens (tertiary/aromatic N) is 2. The lowest BCUT2D eigenvalue weighted by atomic mass is 10.1. The van der Waals surface area contributed by atoms with Crippen molar-refractivity contribution in [2.24, 2.45) is 0 Å². The first-order valence-corrected chi connectivity index (χ1v) is 9.24. The zero-order chi connectivity index (χ0) is 23.0. The average molecular weight is 454 g/mol. The van der Waals surface area contributed by atoms with E-state index in [4.69, 9.17) is 0 Å². The number of sulfonamides is 1. The van der Waals surface area contributed by atoms with Gasteiger partial charge in [0, 0.05) is 18.2 Å². The van der Waals surface area contributed by atoms with E-state index in [-0.39, 0.29) is 9.87 Å². The average Bonchev–Trinajstić information content (AvgIpc) is 2.68. The van der Waals surface area contributed by atoms with E-state index in [1.165, 1.54) is 12.1 Å². The van der Waals surface area contributed by atoms with Crippen LogP contribution in [0.4, 0.5) is 27.6 Å². The Bertz CT molecular complexity index is 1110. The number of hydrogen-bond donors (Lipinski definition) is 1. The summed E-state index contributed by atoms with van der Waals surface area (Å²) in [5, 5.41) is 20.3. The Kier molecular flexibility index (Phi) is 6.42. The molecular weight excluding hydrogens is 443 g/mol. The van der Waals surface area contributed by atoms with Crippen LogP contribution in [0.5, 0.6) is 0 Å². The van der Waals surface area contributed by atoms with E-state index in [9.17, 15) is 50.4 Å². The molecule has 0 aliphatic heterocycles. The van der Waals surface area contributed by atoms with Gasteiger partial charge in [-0.05, 0) is 6.92 Å². The van der Waals surface area contributed by atoms with Crippen LogP contribution in [-0.4, -0.2) is 34.8 Å². The minimum atomic E-state index is -5.68. The maximum Gasteiger partial charge on any atom is 0.321 e. The molecule has 1 atom stereocenters. The fourth-order valence-corrected chi connectivity index (χ4v) is 4.15. The highest BCUT2D eigenvalue weighted by Crippen LogP contribution is 2.32. The van der Waals surface area contributed by atoms with E-state index in [2.05, 4.69) is 0 Å². The number of carboxylic acids is 1. The molecular formula is C16H11F5N2O6S. The van der Waals surface area contributed by atoms with Gasteiger partial charge in [-0.2, -0.15) is 4.31 Å². The van der Waals surface area contributed by atoms with Crippen LogP contribution in [0, 0.1) is 39.2 Å². The van der Waals surface area contributed by atoms with E-state index < -0.39 is 73.2 Å². The second-order valence-electron chi connectivity index (χ2n) is 5.85. The van der Waals surface area contributed by atoms with Gasteiger partial charge >= 0.3 is 5.97 Å². The third kappa shape index (κ3) is 3.95. The van der Waals surface area contributed by atoms with Gasteiger partial charge in [-0.3, -0.25) is 14.9 Å². The summed E-state index contributed by atoms with van der Waals surface area (Å²) in [5.41, 5.74) is -1.05. The molecule has 0 saturated carbocycles. The van der Waals surface area contributed by atoms with Crippen molar-refractivity contribution in [1.29, 1.82) is 0 Å². The van der Waals surface area contributed by atoms with E-state index in [1.807, 2.05) is 0 Å². The van der Waals surface area contributed by atoms with Crippen molar-refractivity contribution in [3.05, 3.63) is 69.0 Å². The van der Waals surface area contributed by atoms with Gasteiger partial charge < -0.3 is 5.11 Å². The lowest BCUT2D eigenvalue weighted by Gasteiger charge is -2.26. The molecule has 0 bridgehead atoms. The first-order valence-electron chi connectivity index (χ1n) is 7.80. The van der Waals surface area contributed by atoms with Gasteiger partial charge in [-0.25, -0.2) is 30.4 Å². The lowest BCUT2D eigenvalue weighted by Crippen LogP contribution is -2.43. The summed E-state index contributed by atoms with van der Waals surface area (Å²) in [6.07, 6.45) is 0. The second-order valence-corrected chi connectivity index (χ2v) is 7.68. The molecule has 162 valence electrons. The predicted octanol–water partition coefficient (Wildman–Crippen LogP) is 2.95. The number of hydrogen-bond acceptors (Lipinski definition) is 5. The van der Waals surface area contributed by atoms with Crippen LogP contribution >= 0.6 is 0 Å². The molecule has 0 spiro atoms. The van der Waals surface area contributed by atoms with E-state index in [0.29, 0.717) is 0 Å². The molecule has 8 nitrogen and oxygen atoms in total. The molecule has 0 unspecified atom stereocenters. The van der Waals surface area contributed by atoms with Gasteiger partial charge in [0.15, 0.2) is 28.2 Å². The quantitative estimate of drug-likeness (QED) is 0.226. The molecule has 0 heterocycles. The summed E-state index contributed by atoms with van der Waals surface area (Å²) in [7, 11) is -5.68. The van der Waals surface area contributed by atoms with Gasteiger partial charge in [-0.1, -0.05) is 18.2 Å². The first kappa shape index (κ1) is 23.2. The van der Waals surface area contributed by atoms with Crippen molar-refractivity contribution < 1.29 is 45.2 Å². The Hall–Kier alpha value is -3.13. The van der Waals surface area contributed by atoms with Crippen molar-refractivity contribution in [3.8, 4) is 0 Å². The van der Waals surface area contributed by atoms with Crippen LogP contribution in [0.25, 0.3) is 0 Å². The van der Waals surface area contributed by atoms with Crippen LogP contribution in [0.2, 0.25) is 0 Å². The zero-order valence-electron chi connectivity index (χ0n) is 14.8. The minimum absolute atomic E-state index is 0.115. The molecule has 0 aromatic heterocycles. The van der Waals surface area contributed by atoms with Crippen LogP contribution < -0.4 is 0 Å². The van der Waals surface area contributed by atoms with Gasteiger partial charge in [0.2, 0.25) is 15.8 Å². The summed E-state index contributed by atoms with van der Waals surface area (Å²) in [6.45, 7) is -0.354. The van der Waals surface area contributed by atoms with Crippen LogP contribution in [0.1, 0.15) is 12.5 Å². The molecule has 1 N–H and O–H groups in total. The van der Waals surface area contributed by atoms with Crippen molar-refractivity contribution >= 4 is 21.7 Å². The number of aliphatic carboxylic acids is 1. The van der Waals surface area contributed by atoms with Crippen molar-refractivity contribution in [3.63, 3.8) is 0 Å². The Morgan fingerprint density at radius 2 is 1.53 bits per heavy atom. The monoisotopic (exact) mass is 454 g/mol.